The molecule has 0 bridgehead atoms. The van der Waals surface area contributed by atoms with Gasteiger partial charge in [0.25, 0.3) is 0 Å². The van der Waals surface area contributed by atoms with Crippen molar-refractivity contribution in [2.45, 2.75) is 43.5 Å². The van der Waals surface area contributed by atoms with Crippen LogP contribution in [-0.2, 0) is 9.47 Å². The average molecular weight is 353 g/mol. The van der Waals surface area contributed by atoms with Crippen molar-refractivity contribution >= 4 is 23.4 Å². The van der Waals surface area contributed by atoms with E-state index in [1.165, 1.54) is 0 Å². The molecule has 23 heavy (non-hydrogen) atoms. The smallest absolute Gasteiger partial charge is 0.404 e. The van der Waals surface area contributed by atoms with Gasteiger partial charge >= 0.3 is 6.09 Å². The van der Waals surface area contributed by atoms with E-state index in [1.54, 1.807) is 0 Å². The fraction of sp³-hybridized carbons (Fsp3) is 0.833. The molecule has 10 nitrogen and oxygen atoms in total. The number of hydrogen-bond acceptors (Lipinski definition) is 8. The number of nitrogens with one attached hydrogen (secondary N) is 2. The molecule has 0 aromatic rings. The summed E-state index contributed by atoms with van der Waals surface area (Å²) in [7, 11) is 0. The molecule has 1 heterocycles. The Hall–Kier alpha value is -1.24. The minimum absolute atomic E-state index is 0.171. The lowest BCUT2D eigenvalue weighted by Crippen LogP contribution is -2.64. The van der Waals surface area contributed by atoms with E-state index in [2.05, 4.69) is 15.4 Å². The summed E-state index contributed by atoms with van der Waals surface area (Å²) in [5.74, 6) is 0. The highest BCUT2D eigenvalue weighted by Crippen LogP contribution is 2.19. The van der Waals surface area contributed by atoms with E-state index >= 15 is 0 Å². The average Bonchev–Trinajstić information content (AvgIpc) is 2.51. The number of unbranched alkanes of at least 4 members (excludes halogenated alkanes) is 1. The third kappa shape index (κ3) is 6.41. The van der Waals surface area contributed by atoms with Crippen LogP contribution in [0.15, 0.2) is 0 Å². The number of nitrogens with two attached hydrogens (primary N) is 1. The molecule has 0 spiro atoms. The van der Waals surface area contributed by atoms with Crippen molar-refractivity contribution in [1.29, 1.82) is 0 Å². The highest BCUT2D eigenvalue weighted by Gasteiger charge is 2.43. The second-order valence-corrected chi connectivity index (χ2v) is 5.43. The van der Waals surface area contributed by atoms with E-state index in [-0.39, 0.29) is 11.7 Å². The van der Waals surface area contributed by atoms with Gasteiger partial charge in [0.1, 0.15) is 24.4 Å². The predicted molar refractivity (Wildman–Crippen MR) is 82.3 cm³/mol. The number of thiocarbonyl (C=S) groups is 1. The standard InChI is InChI=1S/C12H23N3O7S/c13-11(20)21-4-2-1-3-14-12(23)15-10-9(19)8(18)7(17)6(5-16)22-10/h6-10,16-19H,1-5H2,(H2,13,20)(H2,14,15,23)/t6-,7+,8+,9-,10+/m0/s1. The van der Waals surface area contributed by atoms with Crippen LogP contribution in [0.2, 0.25) is 0 Å². The van der Waals surface area contributed by atoms with Gasteiger partial charge in [-0.05, 0) is 25.1 Å². The van der Waals surface area contributed by atoms with Crippen LogP contribution < -0.4 is 16.4 Å². The lowest BCUT2D eigenvalue weighted by atomic mass is 9.98. The molecule has 1 aliphatic heterocycles. The van der Waals surface area contributed by atoms with Crippen molar-refractivity contribution in [1.82, 2.24) is 10.6 Å². The Morgan fingerprint density at radius 3 is 2.52 bits per heavy atom. The highest BCUT2D eigenvalue weighted by molar-refractivity contribution is 7.80. The molecule has 0 aliphatic carbocycles. The topological polar surface area (TPSA) is 167 Å². The summed E-state index contributed by atoms with van der Waals surface area (Å²) >= 11 is 5.02. The number of aliphatic hydroxyl groups is 4. The van der Waals surface area contributed by atoms with Crippen molar-refractivity contribution in [2.24, 2.45) is 5.73 Å². The minimum atomic E-state index is -1.47. The number of carbonyl (C=O) groups is 1. The Morgan fingerprint density at radius 2 is 1.91 bits per heavy atom. The maximum absolute atomic E-state index is 10.4. The maximum Gasteiger partial charge on any atom is 0.404 e. The van der Waals surface area contributed by atoms with Crippen molar-refractivity contribution in [2.75, 3.05) is 19.8 Å². The minimum Gasteiger partial charge on any atom is -0.450 e. The van der Waals surface area contributed by atoms with Crippen LogP contribution in [0.25, 0.3) is 0 Å². The van der Waals surface area contributed by atoms with Crippen molar-refractivity contribution < 1.29 is 34.7 Å². The van der Waals surface area contributed by atoms with Crippen molar-refractivity contribution in [3.05, 3.63) is 0 Å². The molecule has 0 aromatic carbocycles. The molecule has 1 aliphatic rings. The molecule has 0 radical (unpaired) electrons. The number of primary amides is 1. The van der Waals surface area contributed by atoms with Crippen molar-refractivity contribution in [3.8, 4) is 0 Å². The van der Waals surface area contributed by atoms with Crippen LogP contribution in [0.3, 0.4) is 0 Å². The van der Waals surface area contributed by atoms with Crippen molar-refractivity contribution in [3.63, 3.8) is 0 Å². The van der Waals surface area contributed by atoms with Gasteiger partial charge in [0.15, 0.2) is 11.3 Å². The molecule has 11 heteroatoms. The number of carbonyl (C=O) groups excluding carboxylic acids is 1. The first-order valence-corrected chi connectivity index (χ1v) is 7.54. The van der Waals surface area contributed by atoms with Crippen LogP contribution >= 0.6 is 12.2 Å². The summed E-state index contributed by atoms with van der Waals surface area (Å²) in [5, 5.41) is 43.9. The molecular formula is C12H23N3O7S. The monoisotopic (exact) mass is 353 g/mol. The van der Waals surface area contributed by atoms with E-state index in [0.29, 0.717) is 19.4 Å². The largest absolute Gasteiger partial charge is 0.450 e. The molecule has 1 rings (SSSR count). The molecule has 1 amide bonds. The summed E-state index contributed by atoms with van der Waals surface area (Å²) < 4.78 is 9.82. The van der Waals surface area contributed by atoms with Gasteiger partial charge in [0.05, 0.1) is 13.2 Å². The summed E-state index contributed by atoms with van der Waals surface area (Å²) in [5.41, 5.74) is 4.81. The van der Waals surface area contributed by atoms with Gasteiger partial charge in [0, 0.05) is 6.54 Å². The van der Waals surface area contributed by atoms with Crippen LogP contribution in [0.1, 0.15) is 12.8 Å². The quantitative estimate of drug-likeness (QED) is 0.187. The van der Waals surface area contributed by atoms with Gasteiger partial charge in [-0.25, -0.2) is 4.79 Å². The van der Waals surface area contributed by atoms with Crippen LogP contribution in [0, 0.1) is 0 Å². The molecule has 1 saturated heterocycles. The third-order valence-electron chi connectivity index (χ3n) is 3.27. The van der Waals surface area contributed by atoms with Crippen LogP contribution in [-0.4, -0.2) is 82.0 Å². The zero-order valence-electron chi connectivity index (χ0n) is 12.4. The lowest BCUT2D eigenvalue weighted by Gasteiger charge is -2.40. The van der Waals surface area contributed by atoms with E-state index < -0.39 is 43.3 Å². The number of hydrogen-bond donors (Lipinski definition) is 7. The first-order chi connectivity index (χ1) is 10.9. The highest BCUT2D eigenvalue weighted by atomic mass is 32.1. The molecule has 1 fully saturated rings. The van der Waals surface area contributed by atoms with E-state index in [1.807, 2.05) is 0 Å². The van der Waals surface area contributed by atoms with Gasteiger partial charge in [-0.15, -0.1) is 0 Å². The molecular weight excluding hydrogens is 330 g/mol. The normalized spacial score (nSPS) is 30.5. The molecule has 0 aromatic heterocycles. The zero-order valence-corrected chi connectivity index (χ0v) is 13.2. The van der Waals surface area contributed by atoms with Crippen LogP contribution in [0.5, 0.6) is 0 Å². The number of ether oxygens (including phenoxy) is 2. The summed E-state index contributed by atoms with van der Waals surface area (Å²) in [4.78, 5) is 10.4. The molecule has 0 unspecified atom stereocenters. The molecule has 8 N–H and O–H groups in total. The molecule has 134 valence electrons. The van der Waals surface area contributed by atoms with E-state index in [0.717, 1.165) is 0 Å². The first kappa shape index (κ1) is 19.8. The number of rotatable bonds is 7. The predicted octanol–water partition coefficient (Wildman–Crippen LogP) is -2.87. The van der Waals surface area contributed by atoms with Crippen LogP contribution in [0.4, 0.5) is 4.79 Å². The molecule has 5 atom stereocenters. The Morgan fingerprint density at radius 1 is 1.22 bits per heavy atom. The van der Waals surface area contributed by atoms with E-state index in [9.17, 15) is 20.1 Å². The Labute approximate surface area is 138 Å². The van der Waals surface area contributed by atoms with Gasteiger partial charge in [-0.3, -0.25) is 0 Å². The number of amides is 1. The SMILES string of the molecule is NC(=O)OCCCCNC(=S)N[C@@H]1O[C@@H](CO)[C@@H](O)[C@@H](O)[C@@H]1O. The fourth-order valence-corrected chi connectivity index (χ4v) is 2.22. The Balaban J connectivity index is 2.28. The second-order valence-electron chi connectivity index (χ2n) is 5.02. The summed E-state index contributed by atoms with van der Waals surface area (Å²) in [6, 6.07) is 0. The number of aliphatic hydroxyl groups excluding tert-OH is 4. The van der Waals surface area contributed by atoms with Gasteiger partial charge in [-0.1, -0.05) is 0 Å². The molecule has 0 saturated carbocycles. The van der Waals surface area contributed by atoms with Gasteiger partial charge in [0.2, 0.25) is 0 Å². The van der Waals surface area contributed by atoms with Gasteiger partial charge < -0.3 is 46.3 Å². The Bertz CT molecular complexity index is 399. The maximum atomic E-state index is 10.4. The van der Waals surface area contributed by atoms with Gasteiger partial charge in [-0.2, -0.15) is 0 Å². The Kier molecular flexibility index (Phi) is 8.44. The third-order valence-corrected chi connectivity index (χ3v) is 3.53. The fourth-order valence-electron chi connectivity index (χ4n) is 2.00. The van der Waals surface area contributed by atoms with E-state index in [4.69, 9.17) is 27.8 Å². The summed E-state index contributed by atoms with van der Waals surface area (Å²) in [6.07, 6.45) is -5.92. The second kappa shape index (κ2) is 9.80. The first-order valence-electron chi connectivity index (χ1n) is 7.14. The lowest BCUT2D eigenvalue weighted by molar-refractivity contribution is -0.232. The summed E-state index contributed by atoms with van der Waals surface area (Å²) in [6.45, 7) is 0.179. The zero-order chi connectivity index (χ0) is 17.4.